The summed E-state index contributed by atoms with van der Waals surface area (Å²) in [7, 11) is 0. The number of hydrogen-bond acceptors (Lipinski definition) is 2. The Morgan fingerprint density at radius 3 is 2.15 bits per heavy atom. The van der Waals surface area contributed by atoms with Crippen molar-refractivity contribution in [3.8, 4) is 0 Å². The van der Waals surface area contributed by atoms with Gasteiger partial charge in [-0.25, -0.2) is 0 Å². The van der Waals surface area contributed by atoms with Crippen molar-refractivity contribution in [2.75, 3.05) is 39.3 Å². The van der Waals surface area contributed by atoms with Crippen LogP contribution in [-0.4, -0.2) is 49.1 Å². The summed E-state index contributed by atoms with van der Waals surface area (Å²) in [6.45, 7) is 11.2. The lowest BCUT2D eigenvalue weighted by Crippen LogP contribution is -2.46. The van der Waals surface area contributed by atoms with Gasteiger partial charge in [0.25, 0.3) is 0 Å². The lowest BCUT2D eigenvalue weighted by Gasteiger charge is -2.33. The highest BCUT2D eigenvalue weighted by Gasteiger charge is 2.14. The van der Waals surface area contributed by atoms with Gasteiger partial charge in [-0.15, -0.1) is 0 Å². The van der Waals surface area contributed by atoms with Crippen LogP contribution in [0.3, 0.4) is 0 Å². The molecule has 2 nitrogen and oxygen atoms in total. The zero-order valence-electron chi connectivity index (χ0n) is 12.8. The summed E-state index contributed by atoms with van der Waals surface area (Å²) in [5, 5.41) is 0. The first-order valence-electron chi connectivity index (χ1n) is 7.54. The van der Waals surface area contributed by atoms with Gasteiger partial charge in [-0.3, -0.25) is 9.80 Å². The standard InChI is InChI=1S/C18H26N2/c1-17(2)10-12-20-15-13-19(14-16-20)11-6-9-18-7-4-3-5-8-18/h3-10H,11-16H2,1-2H3. The fraction of sp³-hybridized carbons (Fsp3) is 0.444. The Balaban J connectivity index is 1.69. The van der Waals surface area contributed by atoms with Crippen LogP contribution >= 0.6 is 0 Å². The van der Waals surface area contributed by atoms with Gasteiger partial charge < -0.3 is 0 Å². The fourth-order valence-corrected chi connectivity index (χ4v) is 2.37. The van der Waals surface area contributed by atoms with E-state index in [1.165, 1.54) is 37.3 Å². The van der Waals surface area contributed by atoms with Gasteiger partial charge in [0, 0.05) is 39.3 Å². The Labute approximate surface area is 123 Å². The van der Waals surface area contributed by atoms with Crippen molar-refractivity contribution in [3.05, 3.63) is 53.6 Å². The van der Waals surface area contributed by atoms with Crippen molar-refractivity contribution in [2.45, 2.75) is 13.8 Å². The van der Waals surface area contributed by atoms with E-state index in [1.807, 2.05) is 0 Å². The summed E-state index contributed by atoms with van der Waals surface area (Å²) < 4.78 is 0. The van der Waals surface area contributed by atoms with Crippen molar-refractivity contribution >= 4 is 6.08 Å². The third kappa shape index (κ3) is 5.32. The molecule has 0 aromatic heterocycles. The summed E-state index contributed by atoms with van der Waals surface area (Å²) in [6, 6.07) is 10.5. The first-order valence-corrected chi connectivity index (χ1v) is 7.54. The molecular formula is C18H26N2. The van der Waals surface area contributed by atoms with E-state index >= 15 is 0 Å². The zero-order valence-corrected chi connectivity index (χ0v) is 12.8. The third-order valence-electron chi connectivity index (χ3n) is 3.70. The van der Waals surface area contributed by atoms with E-state index in [-0.39, 0.29) is 0 Å². The normalized spacial score (nSPS) is 17.5. The molecule has 0 amide bonds. The minimum atomic E-state index is 1.06. The van der Waals surface area contributed by atoms with Crippen molar-refractivity contribution in [2.24, 2.45) is 0 Å². The number of nitrogens with zero attached hydrogens (tertiary/aromatic N) is 2. The fourth-order valence-electron chi connectivity index (χ4n) is 2.37. The maximum Gasteiger partial charge on any atom is 0.0167 e. The van der Waals surface area contributed by atoms with Crippen LogP contribution in [0.15, 0.2) is 48.1 Å². The number of hydrogen-bond donors (Lipinski definition) is 0. The molecule has 2 rings (SSSR count). The maximum absolute atomic E-state index is 2.53. The van der Waals surface area contributed by atoms with Gasteiger partial charge in [0.1, 0.15) is 0 Å². The highest BCUT2D eigenvalue weighted by atomic mass is 15.3. The van der Waals surface area contributed by atoms with Crippen LogP contribution in [0, 0.1) is 0 Å². The molecule has 0 aliphatic carbocycles. The summed E-state index contributed by atoms with van der Waals surface area (Å²) in [6.07, 6.45) is 6.82. The van der Waals surface area contributed by atoms with Gasteiger partial charge >= 0.3 is 0 Å². The van der Waals surface area contributed by atoms with Crippen LogP contribution in [0.2, 0.25) is 0 Å². The maximum atomic E-state index is 2.53. The van der Waals surface area contributed by atoms with Gasteiger partial charge in [0.15, 0.2) is 0 Å². The molecule has 1 aliphatic rings. The smallest absolute Gasteiger partial charge is 0.0167 e. The van der Waals surface area contributed by atoms with Crippen molar-refractivity contribution in [3.63, 3.8) is 0 Å². The number of rotatable bonds is 5. The Kier molecular flexibility index (Phi) is 6.03. The van der Waals surface area contributed by atoms with E-state index in [0.717, 1.165) is 13.1 Å². The highest BCUT2D eigenvalue weighted by molar-refractivity contribution is 5.48. The molecule has 0 N–H and O–H groups in total. The van der Waals surface area contributed by atoms with Crippen molar-refractivity contribution in [1.82, 2.24) is 9.80 Å². The van der Waals surface area contributed by atoms with E-state index in [9.17, 15) is 0 Å². The molecule has 0 saturated carbocycles. The van der Waals surface area contributed by atoms with Gasteiger partial charge in [0.2, 0.25) is 0 Å². The molecule has 2 heteroatoms. The van der Waals surface area contributed by atoms with Crippen molar-refractivity contribution in [1.29, 1.82) is 0 Å². The molecule has 0 atom stereocenters. The SMILES string of the molecule is CC(C)=CCN1CCN(CC=Cc2ccccc2)CC1. The monoisotopic (exact) mass is 270 g/mol. The minimum absolute atomic E-state index is 1.06. The highest BCUT2D eigenvalue weighted by Crippen LogP contribution is 2.05. The predicted octanol–water partition coefficient (Wildman–Crippen LogP) is 3.28. The molecule has 20 heavy (non-hydrogen) atoms. The van der Waals surface area contributed by atoms with Crippen LogP contribution in [0.5, 0.6) is 0 Å². The van der Waals surface area contributed by atoms with E-state index < -0.39 is 0 Å². The zero-order chi connectivity index (χ0) is 14.2. The van der Waals surface area contributed by atoms with Crippen LogP contribution < -0.4 is 0 Å². The van der Waals surface area contributed by atoms with Crippen LogP contribution in [0.4, 0.5) is 0 Å². The molecule has 1 aromatic rings. The average Bonchev–Trinajstić information content (AvgIpc) is 2.47. The Morgan fingerprint density at radius 1 is 0.950 bits per heavy atom. The second kappa shape index (κ2) is 8.03. The van der Waals surface area contributed by atoms with Gasteiger partial charge in [-0.1, -0.05) is 54.1 Å². The first-order chi connectivity index (χ1) is 9.74. The van der Waals surface area contributed by atoms with Crippen LogP contribution in [0.25, 0.3) is 6.08 Å². The van der Waals surface area contributed by atoms with Gasteiger partial charge in [0.05, 0.1) is 0 Å². The first kappa shape index (κ1) is 15.0. The lowest BCUT2D eigenvalue weighted by molar-refractivity contribution is 0.154. The third-order valence-corrected chi connectivity index (χ3v) is 3.70. The van der Waals surface area contributed by atoms with Gasteiger partial charge in [-0.2, -0.15) is 0 Å². The Hall–Kier alpha value is -1.38. The summed E-state index contributed by atoms with van der Waals surface area (Å²) >= 11 is 0. The topological polar surface area (TPSA) is 6.48 Å². The van der Waals surface area contributed by atoms with E-state index in [0.29, 0.717) is 0 Å². The molecule has 1 aromatic carbocycles. The molecule has 0 unspecified atom stereocenters. The molecule has 0 radical (unpaired) electrons. The van der Waals surface area contributed by atoms with E-state index in [2.05, 4.69) is 72.2 Å². The number of allylic oxidation sites excluding steroid dienone is 1. The quantitative estimate of drug-likeness (QED) is 0.758. The van der Waals surface area contributed by atoms with E-state index in [1.54, 1.807) is 0 Å². The summed E-state index contributed by atoms with van der Waals surface area (Å²) in [5.74, 6) is 0. The summed E-state index contributed by atoms with van der Waals surface area (Å²) in [5.41, 5.74) is 2.70. The molecular weight excluding hydrogens is 244 g/mol. The molecule has 108 valence electrons. The van der Waals surface area contributed by atoms with Crippen molar-refractivity contribution < 1.29 is 0 Å². The van der Waals surface area contributed by atoms with Crippen LogP contribution in [-0.2, 0) is 0 Å². The average molecular weight is 270 g/mol. The Bertz CT molecular complexity index is 436. The largest absolute Gasteiger partial charge is 0.297 e. The van der Waals surface area contributed by atoms with Gasteiger partial charge in [-0.05, 0) is 19.4 Å². The number of benzene rings is 1. The molecule has 0 bridgehead atoms. The second-order valence-corrected chi connectivity index (χ2v) is 5.70. The second-order valence-electron chi connectivity index (χ2n) is 5.70. The molecule has 0 spiro atoms. The molecule has 1 saturated heterocycles. The van der Waals surface area contributed by atoms with Crippen LogP contribution in [0.1, 0.15) is 19.4 Å². The molecule has 1 aliphatic heterocycles. The van der Waals surface area contributed by atoms with E-state index in [4.69, 9.17) is 0 Å². The number of piperazine rings is 1. The lowest BCUT2D eigenvalue weighted by atomic mass is 10.2. The molecule has 1 heterocycles. The predicted molar refractivity (Wildman–Crippen MR) is 87.8 cm³/mol. The summed E-state index contributed by atoms with van der Waals surface area (Å²) in [4.78, 5) is 5.06. The minimum Gasteiger partial charge on any atom is -0.297 e. The Morgan fingerprint density at radius 2 is 1.55 bits per heavy atom. The molecule has 1 fully saturated rings.